The fourth-order valence-electron chi connectivity index (χ4n) is 1.52. The molecule has 1 amide bonds. The molecule has 0 radical (unpaired) electrons. The zero-order valence-corrected chi connectivity index (χ0v) is 11.6. The van der Waals surface area contributed by atoms with E-state index in [0.29, 0.717) is 18.1 Å². The molecule has 0 aliphatic heterocycles. The van der Waals surface area contributed by atoms with Crippen LogP contribution in [-0.2, 0) is 6.42 Å². The van der Waals surface area contributed by atoms with Crippen LogP contribution in [0.2, 0.25) is 4.34 Å². The molecule has 7 heteroatoms. The summed E-state index contributed by atoms with van der Waals surface area (Å²) in [6.45, 7) is 0.539. The number of nitrogens with zero attached hydrogens (tertiary/aromatic N) is 1. The topological polar surface area (TPSA) is 80.0 Å². The van der Waals surface area contributed by atoms with Gasteiger partial charge in [-0.15, -0.1) is 11.3 Å². The number of carbonyl (C=O) groups is 1. The first-order chi connectivity index (χ1) is 9.19. The highest BCUT2D eigenvalue weighted by Crippen LogP contribution is 2.21. The van der Waals surface area contributed by atoms with E-state index in [9.17, 15) is 4.79 Å². The van der Waals surface area contributed by atoms with Gasteiger partial charge in [-0.3, -0.25) is 4.79 Å². The first kappa shape index (κ1) is 13.8. The highest BCUT2D eigenvalue weighted by molar-refractivity contribution is 7.16. The van der Waals surface area contributed by atoms with Crippen molar-refractivity contribution >= 4 is 34.7 Å². The number of anilines is 1. The van der Waals surface area contributed by atoms with Crippen LogP contribution in [0.25, 0.3) is 0 Å². The van der Waals surface area contributed by atoms with Crippen molar-refractivity contribution in [1.29, 1.82) is 0 Å². The molecular formula is C12H13ClN4OS. The molecule has 0 saturated heterocycles. The van der Waals surface area contributed by atoms with E-state index in [1.165, 1.54) is 11.3 Å². The Labute approximate surface area is 119 Å². The molecule has 0 unspecified atom stereocenters. The Balaban J connectivity index is 1.87. The van der Waals surface area contributed by atoms with Crippen LogP contribution >= 0.6 is 22.9 Å². The predicted molar refractivity (Wildman–Crippen MR) is 77.4 cm³/mol. The summed E-state index contributed by atoms with van der Waals surface area (Å²) in [6, 6.07) is 8.84. The van der Waals surface area contributed by atoms with E-state index in [0.717, 1.165) is 15.6 Å². The van der Waals surface area contributed by atoms with Gasteiger partial charge in [-0.2, -0.15) is 0 Å². The van der Waals surface area contributed by atoms with Crippen molar-refractivity contribution < 1.29 is 4.79 Å². The third-order valence-corrected chi connectivity index (χ3v) is 3.71. The van der Waals surface area contributed by atoms with Gasteiger partial charge in [0.05, 0.1) is 4.34 Å². The number of aromatic nitrogens is 1. The average Bonchev–Trinajstić information content (AvgIpc) is 2.84. The zero-order chi connectivity index (χ0) is 13.7. The van der Waals surface area contributed by atoms with Gasteiger partial charge in [0.25, 0.3) is 5.91 Å². The first-order valence-electron chi connectivity index (χ1n) is 5.65. The smallest absolute Gasteiger partial charge is 0.269 e. The molecule has 0 aliphatic carbocycles. The summed E-state index contributed by atoms with van der Waals surface area (Å²) in [4.78, 5) is 17.0. The molecule has 5 nitrogen and oxygen atoms in total. The van der Waals surface area contributed by atoms with Gasteiger partial charge in [0.1, 0.15) is 11.5 Å². The molecule has 0 spiro atoms. The van der Waals surface area contributed by atoms with Crippen molar-refractivity contribution in [2.45, 2.75) is 6.42 Å². The molecule has 0 fully saturated rings. The molecule has 100 valence electrons. The quantitative estimate of drug-likeness (QED) is 0.583. The summed E-state index contributed by atoms with van der Waals surface area (Å²) in [5.74, 6) is 5.48. The Hall–Kier alpha value is -1.63. The molecule has 2 aromatic rings. The number of thiophene rings is 1. The third kappa shape index (κ3) is 3.92. The van der Waals surface area contributed by atoms with E-state index < -0.39 is 0 Å². The second-order valence-corrected chi connectivity index (χ2v) is 5.56. The Kier molecular flexibility index (Phi) is 4.73. The van der Waals surface area contributed by atoms with E-state index in [1.54, 1.807) is 18.2 Å². The first-order valence-corrected chi connectivity index (χ1v) is 6.84. The van der Waals surface area contributed by atoms with E-state index in [4.69, 9.17) is 17.4 Å². The molecule has 19 heavy (non-hydrogen) atoms. The Morgan fingerprint density at radius 3 is 2.89 bits per heavy atom. The van der Waals surface area contributed by atoms with Crippen molar-refractivity contribution in [3.8, 4) is 0 Å². The molecule has 0 saturated carbocycles. The third-order valence-electron chi connectivity index (χ3n) is 2.42. The molecule has 2 aromatic heterocycles. The van der Waals surface area contributed by atoms with Crippen molar-refractivity contribution in [3.05, 3.63) is 45.2 Å². The van der Waals surface area contributed by atoms with E-state index in [-0.39, 0.29) is 5.91 Å². The zero-order valence-electron chi connectivity index (χ0n) is 10.0. The largest absolute Gasteiger partial charge is 0.350 e. The maximum atomic E-state index is 11.8. The van der Waals surface area contributed by atoms with Gasteiger partial charge >= 0.3 is 0 Å². The lowest BCUT2D eigenvalue weighted by molar-refractivity contribution is 0.0949. The SMILES string of the molecule is NNc1cccc(C(=O)NCCc2ccc(Cl)s2)n1. The van der Waals surface area contributed by atoms with E-state index in [1.807, 2.05) is 12.1 Å². The number of pyridine rings is 1. The molecular weight excluding hydrogens is 284 g/mol. The van der Waals surface area contributed by atoms with Crippen LogP contribution < -0.4 is 16.6 Å². The number of hydrazine groups is 1. The Morgan fingerprint density at radius 2 is 2.21 bits per heavy atom. The number of rotatable bonds is 5. The number of hydrogen-bond acceptors (Lipinski definition) is 5. The lowest BCUT2D eigenvalue weighted by Crippen LogP contribution is -2.26. The van der Waals surface area contributed by atoms with Gasteiger partial charge in [0, 0.05) is 11.4 Å². The van der Waals surface area contributed by atoms with Crippen LogP contribution in [0.3, 0.4) is 0 Å². The van der Waals surface area contributed by atoms with Gasteiger partial charge in [-0.1, -0.05) is 17.7 Å². The van der Waals surface area contributed by atoms with Crippen molar-refractivity contribution in [1.82, 2.24) is 10.3 Å². The van der Waals surface area contributed by atoms with Crippen LogP contribution in [0.4, 0.5) is 5.82 Å². The summed E-state index contributed by atoms with van der Waals surface area (Å²) in [5, 5.41) is 2.80. The lowest BCUT2D eigenvalue weighted by atomic mass is 10.3. The van der Waals surface area contributed by atoms with Crippen LogP contribution in [0.1, 0.15) is 15.4 Å². The summed E-state index contributed by atoms with van der Waals surface area (Å²) < 4.78 is 0.754. The molecule has 2 heterocycles. The minimum Gasteiger partial charge on any atom is -0.350 e. The summed E-state index contributed by atoms with van der Waals surface area (Å²) in [5.41, 5.74) is 2.74. The second-order valence-electron chi connectivity index (χ2n) is 3.76. The van der Waals surface area contributed by atoms with Crippen molar-refractivity contribution in [2.24, 2.45) is 5.84 Å². The fourth-order valence-corrected chi connectivity index (χ4v) is 2.60. The fraction of sp³-hybridized carbons (Fsp3) is 0.167. The number of amides is 1. The van der Waals surface area contributed by atoms with Crippen LogP contribution in [-0.4, -0.2) is 17.4 Å². The van der Waals surface area contributed by atoms with Gasteiger partial charge < -0.3 is 10.7 Å². The van der Waals surface area contributed by atoms with Gasteiger partial charge in [0.15, 0.2) is 0 Å². The number of carbonyl (C=O) groups excluding carboxylic acids is 1. The summed E-state index contributed by atoms with van der Waals surface area (Å²) in [6.07, 6.45) is 0.748. The van der Waals surface area contributed by atoms with Gasteiger partial charge in [0.2, 0.25) is 0 Å². The maximum absolute atomic E-state index is 11.8. The Bertz CT molecular complexity index is 572. The van der Waals surface area contributed by atoms with Crippen molar-refractivity contribution in [2.75, 3.05) is 12.0 Å². The highest BCUT2D eigenvalue weighted by Gasteiger charge is 2.07. The minimum atomic E-state index is -0.222. The Morgan fingerprint density at radius 1 is 1.37 bits per heavy atom. The monoisotopic (exact) mass is 296 g/mol. The summed E-state index contributed by atoms with van der Waals surface area (Å²) >= 11 is 7.35. The number of halogens is 1. The standard InChI is InChI=1S/C12H13ClN4OS/c13-10-5-4-8(19-10)6-7-15-12(18)9-2-1-3-11(16-9)17-14/h1-5H,6-7,14H2,(H,15,18)(H,16,17). The maximum Gasteiger partial charge on any atom is 0.269 e. The minimum absolute atomic E-state index is 0.222. The lowest BCUT2D eigenvalue weighted by Gasteiger charge is -2.05. The van der Waals surface area contributed by atoms with E-state index >= 15 is 0 Å². The van der Waals surface area contributed by atoms with Crippen molar-refractivity contribution in [3.63, 3.8) is 0 Å². The second kappa shape index (κ2) is 6.51. The number of nitrogens with one attached hydrogen (secondary N) is 2. The van der Waals surface area contributed by atoms with Gasteiger partial charge in [-0.25, -0.2) is 10.8 Å². The summed E-state index contributed by atoms with van der Waals surface area (Å²) in [7, 11) is 0. The van der Waals surface area contributed by atoms with Crippen LogP contribution in [0.15, 0.2) is 30.3 Å². The number of nitrogens with two attached hydrogens (primary N) is 1. The molecule has 0 atom stereocenters. The average molecular weight is 297 g/mol. The molecule has 0 aliphatic rings. The van der Waals surface area contributed by atoms with Crippen LogP contribution in [0, 0.1) is 0 Å². The number of hydrogen-bond donors (Lipinski definition) is 3. The van der Waals surface area contributed by atoms with E-state index in [2.05, 4.69) is 15.7 Å². The normalized spacial score (nSPS) is 10.2. The molecule has 0 bridgehead atoms. The molecule has 2 rings (SSSR count). The number of nitrogen functional groups attached to an aromatic ring is 1. The highest BCUT2D eigenvalue weighted by atomic mass is 35.5. The molecule has 0 aromatic carbocycles. The van der Waals surface area contributed by atoms with Crippen LogP contribution in [0.5, 0.6) is 0 Å². The van der Waals surface area contributed by atoms with Gasteiger partial charge in [-0.05, 0) is 30.7 Å². The molecule has 4 N–H and O–H groups in total. The predicted octanol–water partition coefficient (Wildman–Crippen LogP) is 2.05.